The first-order chi connectivity index (χ1) is 15.1. The third-order valence-corrected chi connectivity index (χ3v) is 5.16. The molecule has 2 aromatic carbocycles. The Morgan fingerprint density at radius 3 is 2.65 bits per heavy atom. The van der Waals surface area contributed by atoms with Crippen LogP contribution in [-0.2, 0) is 13.1 Å². The SMILES string of the molecule is O=C(c1ccc2ccoc2c1)N(Cc1ccco1)Cc1cc2ccc(F)cc2[nH]c1=O. The Balaban J connectivity index is 1.52. The van der Waals surface area contributed by atoms with Crippen LogP contribution in [0.5, 0.6) is 0 Å². The maximum absolute atomic E-state index is 13.5. The zero-order valence-electron chi connectivity index (χ0n) is 16.3. The van der Waals surface area contributed by atoms with Gasteiger partial charge >= 0.3 is 0 Å². The number of aromatic amines is 1. The van der Waals surface area contributed by atoms with Crippen LogP contribution in [0, 0.1) is 5.82 Å². The molecule has 0 saturated carbocycles. The molecule has 0 aliphatic rings. The number of aromatic nitrogens is 1. The average molecular weight is 416 g/mol. The molecule has 3 heterocycles. The Morgan fingerprint density at radius 1 is 0.935 bits per heavy atom. The van der Waals surface area contributed by atoms with Crippen LogP contribution >= 0.6 is 0 Å². The molecule has 5 aromatic rings. The van der Waals surface area contributed by atoms with Crippen molar-refractivity contribution in [3.8, 4) is 0 Å². The quantitative estimate of drug-likeness (QED) is 0.444. The summed E-state index contributed by atoms with van der Waals surface area (Å²) in [5.74, 6) is -0.112. The predicted octanol–water partition coefficient (Wildman–Crippen LogP) is 4.85. The number of hydrogen-bond acceptors (Lipinski definition) is 4. The highest BCUT2D eigenvalue weighted by Crippen LogP contribution is 2.21. The number of benzene rings is 2. The van der Waals surface area contributed by atoms with Crippen molar-refractivity contribution in [1.82, 2.24) is 9.88 Å². The fourth-order valence-corrected chi connectivity index (χ4v) is 3.60. The highest BCUT2D eigenvalue weighted by Gasteiger charge is 2.20. The van der Waals surface area contributed by atoms with Gasteiger partial charge in [0.15, 0.2) is 0 Å². The molecule has 0 aliphatic carbocycles. The molecule has 0 aliphatic heterocycles. The first kappa shape index (κ1) is 18.9. The average Bonchev–Trinajstić information content (AvgIpc) is 3.44. The van der Waals surface area contributed by atoms with Crippen molar-refractivity contribution in [2.45, 2.75) is 13.1 Å². The van der Waals surface area contributed by atoms with Crippen molar-refractivity contribution < 1.29 is 18.0 Å². The Labute approximate surface area is 175 Å². The molecule has 7 heteroatoms. The number of nitrogens with zero attached hydrogens (tertiary/aromatic N) is 1. The maximum atomic E-state index is 13.5. The second-order valence-electron chi connectivity index (χ2n) is 7.27. The number of H-pyrrole nitrogens is 1. The molecule has 0 fully saturated rings. The summed E-state index contributed by atoms with van der Waals surface area (Å²) in [5.41, 5.74) is 1.46. The Kier molecular flexibility index (Phi) is 4.63. The minimum atomic E-state index is -0.432. The number of amides is 1. The molecule has 3 aromatic heterocycles. The van der Waals surface area contributed by atoms with Gasteiger partial charge in [-0.3, -0.25) is 9.59 Å². The molecule has 0 saturated heterocycles. The number of furan rings is 2. The Morgan fingerprint density at radius 2 is 1.81 bits per heavy atom. The largest absolute Gasteiger partial charge is 0.467 e. The highest BCUT2D eigenvalue weighted by molar-refractivity contribution is 5.97. The van der Waals surface area contributed by atoms with Gasteiger partial charge in [0.1, 0.15) is 17.2 Å². The number of halogens is 1. The summed E-state index contributed by atoms with van der Waals surface area (Å²) in [7, 11) is 0. The standard InChI is InChI=1S/C24H17FN2O4/c25-19-6-5-16-10-18(23(28)26-21(16)12-19)13-27(14-20-2-1-8-30-20)24(29)17-4-3-15-7-9-31-22(15)11-17/h1-12H,13-14H2,(H,26,28). The van der Waals surface area contributed by atoms with Gasteiger partial charge in [-0.15, -0.1) is 0 Å². The lowest BCUT2D eigenvalue weighted by Gasteiger charge is -2.22. The number of nitrogens with one attached hydrogen (secondary N) is 1. The Hall–Kier alpha value is -4.13. The predicted molar refractivity (Wildman–Crippen MR) is 113 cm³/mol. The van der Waals surface area contributed by atoms with Crippen molar-refractivity contribution in [1.29, 1.82) is 0 Å². The van der Waals surface area contributed by atoms with Crippen LogP contribution in [0.25, 0.3) is 21.9 Å². The van der Waals surface area contributed by atoms with E-state index < -0.39 is 5.82 Å². The van der Waals surface area contributed by atoms with Crippen LogP contribution in [0.1, 0.15) is 21.7 Å². The van der Waals surface area contributed by atoms with Gasteiger partial charge in [0, 0.05) is 16.5 Å². The van der Waals surface area contributed by atoms with Crippen molar-refractivity contribution in [3.63, 3.8) is 0 Å². The minimum absolute atomic E-state index is 0.0539. The summed E-state index contributed by atoms with van der Waals surface area (Å²) >= 11 is 0. The summed E-state index contributed by atoms with van der Waals surface area (Å²) in [6.07, 6.45) is 3.10. The van der Waals surface area contributed by atoms with Crippen LogP contribution in [0.15, 0.2) is 86.8 Å². The summed E-state index contributed by atoms with van der Waals surface area (Å²) < 4.78 is 24.3. The highest BCUT2D eigenvalue weighted by atomic mass is 19.1. The summed E-state index contributed by atoms with van der Waals surface area (Å²) in [6, 6.07) is 16.4. The van der Waals surface area contributed by atoms with Gasteiger partial charge in [-0.05, 0) is 60.0 Å². The van der Waals surface area contributed by atoms with Gasteiger partial charge in [0.05, 0.1) is 31.1 Å². The number of fused-ring (bicyclic) bond motifs is 2. The van der Waals surface area contributed by atoms with E-state index in [0.29, 0.717) is 33.4 Å². The normalized spacial score (nSPS) is 11.3. The van der Waals surface area contributed by atoms with E-state index in [0.717, 1.165) is 5.39 Å². The van der Waals surface area contributed by atoms with Gasteiger partial charge < -0.3 is 18.7 Å². The maximum Gasteiger partial charge on any atom is 0.254 e. The molecule has 0 bridgehead atoms. The second kappa shape index (κ2) is 7.60. The van der Waals surface area contributed by atoms with Crippen LogP contribution in [0.2, 0.25) is 0 Å². The van der Waals surface area contributed by atoms with Gasteiger partial charge in [-0.2, -0.15) is 0 Å². The third-order valence-electron chi connectivity index (χ3n) is 5.16. The number of pyridine rings is 1. The zero-order valence-corrected chi connectivity index (χ0v) is 16.3. The molecule has 5 rings (SSSR count). The smallest absolute Gasteiger partial charge is 0.254 e. The van der Waals surface area contributed by atoms with Gasteiger partial charge in [0.2, 0.25) is 0 Å². The zero-order chi connectivity index (χ0) is 21.4. The van der Waals surface area contributed by atoms with Crippen LogP contribution in [0.4, 0.5) is 4.39 Å². The molecular formula is C24H17FN2O4. The number of carbonyl (C=O) groups is 1. The molecule has 0 spiro atoms. The summed E-state index contributed by atoms with van der Waals surface area (Å²) in [6.45, 7) is 0.237. The van der Waals surface area contributed by atoms with E-state index in [2.05, 4.69) is 4.98 Å². The van der Waals surface area contributed by atoms with E-state index in [1.54, 1.807) is 42.7 Å². The van der Waals surface area contributed by atoms with E-state index in [1.807, 2.05) is 12.1 Å². The van der Waals surface area contributed by atoms with E-state index in [1.165, 1.54) is 23.3 Å². The van der Waals surface area contributed by atoms with E-state index in [4.69, 9.17) is 8.83 Å². The first-order valence-corrected chi connectivity index (χ1v) is 9.67. The molecule has 154 valence electrons. The van der Waals surface area contributed by atoms with Crippen molar-refractivity contribution >= 4 is 27.8 Å². The molecule has 0 unspecified atom stereocenters. The monoisotopic (exact) mass is 416 g/mol. The lowest BCUT2D eigenvalue weighted by Crippen LogP contribution is -2.32. The van der Waals surface area contributed by atoms with Crippen LogP contribution in [-0.4, -0.2) is 15.8 Å². The first-order valence-electron chi connectivity index (χ1n) is 9.67. The Bertz CT molecular complexity index is 1450. The van der Waals surface area contributed by atoms with Crippen molar-refractivity contribution in [2.75, 3.05) is 0 Å². The topological polar surface area (TPSA) is 79.5 Å². The van der Waals surface area contributed by atoms with Gasteiger partial charge in [-0.1, -0.05) is 6.07 Å². The summed E-state index contributed by atoms with van der Waals surface area (Å²) in [4.78, 5) is 30.2. The molecule has 31 heavy (non-hydrogen) atoms. The van der Waals surface area contributed by atoms with Crippen LogP contribution in [0.3, 0.4) is 0 Å². The van der Waals surface area contributed by atoms with E-state index in [9.17, 15) is 14.0 Å². The lowest BCUT2D eigenvalue weighted by molar-refractivity contribution is 0.0717. The molecular weight excluding hydrogens is 399 g/mol. The molecule has 1 amide bonds. The molecule has 1 N–H and O–H groups in total. The second-order valence-corrected chi connectivity index (χ2v) is 7.27. The van der Waals surface area contributed by atoms with Crippen molar-refractivity contribution in [2.24, 2.45) is 0 Å². The van der Waals surface area contributed by atoms with Gasteiger partial charge in [0.25, 0.3) is 11.5 Å². The fourth-order valence-electron chi connectivity index (χ4n) is 3.60. The van der Waals surface area contributed by atoms with Gasteiger partial charge in [-0.25, -0.2) is 4.39 Å². The number of hydrogen-bond donors (Lipinski definition) is 1. The lowest BCUT2D eigenvalue weighted by atomic mass is 10.1. The third kappa shape index (κ3) is 3.73. The number of rotatable bonds is 5. The molecule has 0 radical (unpaired) electrons. The van der Waals surface area contributed by atoms with Crippen LogP contribution < -0.4 is 5.56 Å². The fraction of sp³-hybridized carbons (Fsp3) is 0.0833. The minimum Gasteiger partial charge on any atom is -0.467 e. The summed E-state index contributed by atoms with van der Waals surface area (Å²) in [5, 5.41) is 1.57. The number of carbonyl (C=O) groups excluding carboxylic acids is 1. The van der Waals surface area contributed by atoms with E-state index in [-0.39, 0.29) is 24.6 Å². The molecule has 0 atom stereocenters. The molecule has 6 nitrogen and oxygen atoms in total. The van der Waals surface area contributed by atoms with E-state index >= 15 is 0 Å². The van der Waals surface area contributed by atoms with Crippen molar-refractivity contribution in [3.05, 3.63) is 106 Å².